The number of thiophene rings is 2. The van der Waals surface area contributed by atoms with Gasteiger partial charge < -0.3 is 4.74 Å². The Labute approximate surface area is 125 Å². The van der Waals surface area contributed by atoms with Gasteiger partial charge in [0.2, 0.25) is 5.78 Å². The number of hydrogen-bond donors (Lipinski definition) is 0. The van der Waals surface area contributed by atoms with Crippen molar-refractivity contribution in [1.29, 1.82) is 0 Å². The molecule has 2 heterocycles. The zero-order chi connectivity index (χ0) is 14.3. The van der Waals surface area contributed by atoms with E-state index in [0.29, 0.717) is 0 Å². The van der Waals surface area contributed by atoms with Gasteiger partial charge in [-0.2, -0.15) is 0 Å². The first-order valence-corrected chi connectivity index (χ1v) is 7.96. The fourth-order valence-electron chi connectivity index (χ4n) is 2.42. The molecule has 0 unspecified atom stereocenters. The molecule has 0 saturated heterocycles. The highest BCUT2D eigenvalue weighted by molar-refractivity contribution is 7.28. The van der Waals surface area contributed by atoms with Gasteiger partial charge >= 0.3 is 0 Å². The summed E-state index contributed by atoms with van der Waals surface area (Å²) >= 11 is 3.23. The largest absolute Gasteiger partial charge is 0.496 e. The molecule has 0 bridgehead atoms. The summed E-state index contributed by atoms with van der Waals surface area (Å²) in [5, 5.41) is 2.05. The summed E-state index contributed by atoms with van der Waals surface area (Å²) in [7, 11) is 1.66. The van der Waals surface area contributed by atoms with Gasteiger partial charge in [0.15, 0.2) is 0 Å². The standard InChI is InChI=1S/C16H14O2S2/c1-9-6-11(7-10(2)16(9)18-3)15(17)14-8-13-12(20-14)4-5-19-13/h4-8H,1-3H3. The molecule has 3 aromatic rings. The van der Waals surface area contributed by atoms with Crippen LogP contribution in [0, 0.1) is 13.8 Å². The van der Waals surface area contributed by atoms with E-state index in [9.17, 15) is 4.79 Å². The summed E-state index contributed by atoms with van der Waals surface area (Å²) in [6.45, 7) is 3.94. The number of rotatable bonds is 3. The first kappa shape index (κ1) is 13.3. The Morgan fingerprint density at radius 2 is 1.80 bits per heavy atom. The monoisotopic (exact) mass is 302 g/mol. The van der Waals surface area contributed by atoms with Gasteiger partial charge in [0.05, 0.1) is 12.0 Å². The average Bonchev–Trinajstić information content (AvgIpc) is 2.98. The summed E-state index contributed by atoms with van der Waals surface area (Å²) in [6.07, 6.45) is 0. The average molecular weight is 302 g/mol. The molecule has 0 aliphatic heterocycles. The number of carbonyl (C=O) groups is 1. The maximum Gasteiger partial charge on any atom is 0.203 e. The van der Waals surface area contributed by atoms with Crippen LogP contribution in [0.2, 0.25) is 0 Å². The predicted molar refractivity (Wildman–Crippen MR) is 85.6 cm³/mol. The third-order valence-corrected chi connectivity index (χ3v) is 5.38. The molecule has 0 aliphatic rings. The van der Waals surface area contributed by atoms with Gasteiger partial charge in [-0.1, -0.05) is 0 Å². The molecule has 102 valence electrons. The van der Waals surface area contributed by atoms with Crippen molar-refractivity contribution in [1.82, 2.24) is 0 Å². The second-order valence-electron chi connectivity index (χ2n) is 4.73. The fourth-order valence-corrected chi connectivity index (χ4v) is 4.49. The molecule has 0 radical (unpaired) electrons. The van der Waals surface area contributed by atoms with Crippen LogP contribution >= 0.6 is 22.7 Å². The van der Waals surface area contributed by atoms with Crippen molar-refractivity contribution in [2.75, 3.05) is 7.11 Å². The Kier molecular flexibility index (Phi) is 3.36. The van der Waals surface area contributed by atoms with Gasteiger partial charge in [0.25, 0.3) is 0 Å². The van der Waals surface area contributed by atoms with Gasteiger partial charge in [-0.3, -0.25) is 4.79 Å². The molecule has 2 aromatic heterocycles. The fraction of sp³-hybridized carbons (Fsp3) is 0.188. The van der Waals surface area contributed by atoms with Crippen molar-refractivity contribution in [3.8, 4) is 5.75 Å². The van der Waals surface area contributed by atoms with E-state index < -0.39 is 0 Å². The first-order valence-electron chi connectivity index (χ1n) is 6.27. The van der Waals surface area contributed by atoms with Gasteiger partial charge in [-0.15, -0.1) is 22.7 Å². The highest BCUT2D eigenvalue weighted by Crippen LogP contribution is 2.32. The second-order valence-corrected chi connectivity index (χ2v) is 6.76. The number of hydrogen-bond acceptors (Lipinski definition) is 4. The maximum atomic E-state index is 12.6. The number of benzene rings is 1. The van der Waals surface area contributed by atoms with Crippen molar-refractivity contribution in [2.24, 2.45) is 0 Å². The topological polar surface area (TPSA) is 26.3 Å². The minimum absolute atomic E-state index is 0.0900. The number of ether oxygens (including phenoxy) is 1. The highest BCUT2D eigenvalue weighted by atomic mass is 32.1. The van der Waals surface area contributed by atoms with E-state index in [1.165, 1.54) is 9.40 Å². The molecule has 2 nitrogen and oxygen atoms in total. The summed E-state index contributed by atoms with van der Waals surface area (Å²) in [5.41, 5.74) is 2.72. The van der Waals surface area contributed by atoms with Crippen molar-refractivity contribution in [3.63, 3.8) is 0 Å². The lowest BCUT2D eigenvalue weighted by atomic mass is 10.0. The zero-order valence-electron chi connectivity index (χ0n) is 11.5. The van der Waals surface area contributed by atoms with E-state index in [4.69, 9.17) is 4.74 Å². The van der Waals surface area contributed by atoms with E-state index in [-0.39, 0.29) is 5.78 Å². The van der Waals surface area contributed by atoms with Crippen LogP contribution in [-0.2, 0) is 0 Å². The lowest BCUT2D eigenvalue weighted by Crippen LogP contribution is -2.01. The zero-order valence-corrected chi connectivity index (χ0v) is 13.2. The number of aryl methyl sites for hydroxylation is 2. The van der Waals surface area contributed by atoms with Crippen LogP contribution < -0.4 is 4.74 Å². The third kappa shape index (κ3) is 2.15. The van der Waals surface area contributed by atoms with Gasteiger partial charge in [-0.25, -0.2) is 0 Å². The Balaban J connectivity index is 2.04. The van der Waals surface area contributed by atoms with E-state index in [2.05, 4.69) is 11.4 Å². The molecule has 0 amide bonds. The molecule has 0 fully saturated rings. The van der Waals surface area contributed by atoms with Crippen LogP contribution in [0.3, 0.4) is 0 Å². The number of methoxy groups -OCH3 is 1. The minimum Gasteiger partial charge on any atom is -0.496 e. The highest BCUT2D eigenvalue weighted by Gasteiger charge is 2.16. The van der Waals surface area contributed by atoms with Gasteiger partial charge in [0, 0.05) is 15.0 Å². The van der Waals surface area contributed by atoms with Crippen molar-refractivity contribution in [3.05, 3.63) is 51.2 Å². The molecule has 0 N–H and O–H groups in total. The minimum atomic E-state index is 0.0900. The Bertz CT molecular complexity index is 744. The quantitative estimate of drug-likeness (QED) is 0.648. The van der Waals surface area contributed by atoms with Crippen molar-refractivity contribution in [2.45, 2.75) is 13.8 Å². The first-order chi connectivity index (χ1) is 9.60. The molecule has 1 aromatic carbocycles. The van der Waals surface area contributed by atoms with Crippen LogP contribution in [0.25, 0.3) is 9.40 Å². The Morgan fingerprint density at radius 1 is 1.10 bits per heavy atom. The molecule has 4 heteroatoms. The van der Waals surface area contributed by atoms with E-state index >= 15 is 0 Å². The summed E-state index contributed by atoms with van der Waals surface area (Å²) in [6, 6.07) is 7.86. The SMILES string of the molecule is COc1c(C)cc(C(=O)c2cc3sccc3s2)cc1C. The number of carbonyl (C=O) groups excluding carboxylic acids is 1. The molecule has 0 atom stereocenters. The molecule has 0 aliphatic carbocycles. The maximum absolute atomic E-state index is 12.6. The van der Waals surface area contributed by atoms with E-state index in [0.717, 1.165) is 27.3 Å². The molecular formula is C16H14O2S2. The van der Waals surface area contributed by atoms with Crippen LogP contribution in [0.5, 0.6) is 5.75 Å². The van der Waals surface area contributed by atoms with Gasteiger partial charge in [0.1, 0.15) is 5.75 Å². The van der Waals surface area contributed by atoms with Gasteiger partial charge in [-0.05, 0) is 54.6 Å². The summed E-state index contributed by atoms with van der Waals surface area (Å²) in [4.78, 5) is 13.4. The van der Waals surface area contributed by atoms with E-state index in [1.54, 1.807) is 29.8 Å². The molecule has 0 spiro atoms. The number of fused-ring (bicyclic) bond motifs is 1. The lowest BCUT2D eigenvalue weighted by molar-refractivity contribution is 0.104. The summed E-state index contributed by atoms with van der Waals surface area (Å²) in [5.74, 6) is 0.945. The third-order valence-electron chi connectivity index (χ3n) is 3.29. The van der Waals surface area contributed by atoms with Crippen LogP contribution in [0.1, 0.15) is 26.4 Å². The molecule has 0 saturated carbocycles. The van der Waals surface area contributed by atoms with Crippen LogP contribution in [0.4, 0.5) is 0 Å². The van der Waals surface area contributed by atoms with Crippen LogP contribution in [0.15, 0.2) is 29.6 Å². The molecule has 20 heavy (non-hydrogen) atoms. The normalized spacial score (nSPS) is 10.9. The smallest absolute Gasteiger partial charge is 0.203 e. The second kappa shape index (κ2) is 5.04. The molecule has 3 rings (SSSR count). The van der Waals surface area contributed by atoms with Crippen molar-refractivity contribution < 1.29 is 9.53 Å². The van der Waals surface area contributed by atoms with Crippen molar-refractivity contribution >= 4 is 37.9 Å². The predicted octanol–water partition coefficient (Wildman–Crippen LogP) is 4.82. The molecular weight excluding hydrogens is 288 g/mol. The Morgan fingerprint density at radius 3 is 2.40 bits per heavy atom. The summed E-state index contributed by atoms with van der Waals surface area (Å²) < 4.78 is 7.71. The van der Waals surface area contributed by atoms with Crippen LogP contribution in [-0.4, -0.2) is 12.9 Å². The Hall–Kier alpha value is -1.65. The lowest BCUT2D eigenvalue weighted by Gasteiger charge is -2.10. The van der Waals surface area contributed by atoms with E-state index in [1.807, 2.05) is 32.0 Å². The number of ketones is 1.